The maximum atomic E-state index is 11.2. The Morgan fingerprint density at radius 3 is 2.65 bits per heavy atom. The maximum Gasteiger partial charge on any atom is 0.311 e. The van der Waals surface area contributed by atoms with Crippen LogP contribution in [0.3, 0.4) is 0 Å². The molecule has 0 radical (unpaired) electrons. The molecule has 23 heavy (non-hydrogen) atoms. The molecule has 0 aliphatic heterocycles. The monoisotopic (exact) mass is 322 g/mol. The van der Waals surface area contributed by atoms with Crippen molar-refractivity contribution in [3.8, 4) is 5.75 Å². The molecular formula is C17H26N2O4. The highest BCUT2D eigenvalue weighted by atomic mass is 16.6. The normalized spacial score (nSPS) is 17.2. The predicted octanol–water partition coefficient (Wildman–Crippen LogP) is 3.12. The highest BCUT2D eigenvalue weighted by molar-refractivity contribution is 5.48. The zero-order valence-electron chi connectivity index (χ0n) is 13.9. The van der Waals surface area contributed by atoms with Gasteiger partial charge in [-0.15, -0.1) is 0 Å². The minimum atomic E-state index is -0.415. The van der Waals surface area contributed by atoms with E-state index in [1.807, 2.05) is 6.07 Å². The number of benzene rings is 1. The third kappa shape index (κ3) is 4.91. The second-order valence-corrected chi connectivity index (χ2v) is 6.33. The van der Waals surface area contributed by atoms with Crippen molar-refractivity contribution < 1.29 is 14.8 Å². The second-order valence-electron chi connectivity index (χ2n) is 6.33. The van der Waals surface area contributed by atoms with Crippen LogP contribution in [0.2, 0.25) is 0 Å². The summed E-state index contributed by atoms with van der Waals surface area (Å²) in [6.45, 7) is 2.98. The lowest BCUT2D eigenvalue weighted by atomic mass is 9.93. The van der Waals surface area contributed by atoms with Gasteiger partial charge in [-0.25, -0.2) is 0 Å². The SMILES string of the molecule is COc1ccc(CN(CC(C)O)C2CCCCC2)cc1[N+](=O)[O-]. The molecule has 1 N–H and O–H groups in total. The van der Waals surface area contributed by atoms with Crippen molar-refractivity contribution in [1.29, 1.82) is 0 Å². The number of nitrogens with zero attached hydrogens (tertiary/aromatic N) is 2. The van der Waals surface area contributed by atoms with E-state index in [0.29, 0.717) is 19.1 Å². The summed E-state index contributed by atoms with van der Waals surface area (Å²) in [6, 6.07) is 5.54. The van der Waals surface area contributed by atoms with Crippen molar-refractivity contribution >= 4 is 5.69 Å². The lowest BCUT2D eigenvalue weighted by molar-refractivity contribution is -0.385. The van der Waals surface area contributed by atoms with Gasteiger partial charge < -0.3 is 9.84 Å². The molecule has 2 rings (SSSR count). The third-order valence-corrected chi connectivity index (χ3v) is 4.42. The molecule has 0 saturated heterocycles. The molecule has 6 heteroatoms. The Labute approximate surface area is 137 Å². The van der Waals surface area contributed by atoms with Crippen molar-refractivity contribution in [3.63, 3.8) is 0 Å². The Kier molecular flexibility index (Phi) is 6.36. The summed E-state index contributed by atoms with van der Waals surface area (Å²) in [7, 11) is 1.43. The van der Waals surface area contributed by atoms with E-state index in [9.17, 15) is 15.2 Å². The van der Waals surface area contributed by atoms with Gasteiger partial charge in [0.05, 0.1) is 18.1 Å². The zero-order valence-corrected chi connectivity index (χ0v) is 13.9. The van der Waals surface area contributed by atoms with E-state index in [1.54, 1.807) is 19.1 Å². The summed E-state index contributed by atoms with van der Waals surface area (Å²) in [5, 5.41) is 21.0. The fourth-order valence-corrected chi connectivity index (χ4v) is 3.34. The van der Waals surface area contributed by atoms with Crippen molar-refractivity contribution in [1.82, 2.24) is 4.90 Å². The van der Waals surface area contributed by atoms with Crippen LogP contribution < -0.4 is 4.74 Å². The summed E-state index contributed by atoms with van der Waals surface area (Å²) >= 11 is 0. The van der Waals surface area contributed by atoms with Gasteiger partial charge in [0.1, 0.15) is 0 Å². The number of nitro benzene ring substituents is 1. The van der Waals surface area contributed by atoms with Gasteiger partial charge in [0.2, 0.25) is 0 Å². The Hall–Kier alpha value is -1.66. The molecule has 1 aromatic carbocycles. The quantitative estimate of drug-likeness (QED) is 0.616. The molecule has 0 spiro atoms. The lowest BCUT2D eigenvalue weighted by Gasteiger charge is -2.35. The standard InChI is InChI=1S/C17H26N2O4/c1-13(20)11-18(15-6-4-3-5-7-15)12-14-8-9-17(23-2)16(10-14)19(21)22/h8-10,13,15,20H,3-7,11-12H2,1-2H3. The maximum absolute atomic E-state index is 11.2. The number of hydrogen-bond donors (Lipinski definition) is 1. The molecule has 0 heterocycles. The van der Waals surface area contributed by atoms with Gasteiger partial charge in [-0.2, -0.15) is 0 Å². The molecule has 1 aromatic rings. The van der Waals surface area contributed by atoms with Crippen LogP contribution in [-0.2, 0) is 6.54 Å². The minimum Gasteiger partial charge on any atom is -0.490 e. The van der Waals surface area contributed by atoms with Crippen LogP contribution in [0.15, 0.2) is 18.2 Å². The van der Waals surface area contributed by atoms with Crippen LogP contribution >= 0.6 is 0 Å². The van der Waals surface area contributed by atoms with Gasteiger partial charge in [-0.05, 0) is 31.4 Å². The molecule has 0 bridgehead atoms. The first-order valence-electron chi connectivity index (χ1n) is 8.24. The van der Waals surface area contributed by atoms with E-state index < -0.39 is 11.0 Å². The molecule has 0 aromatic heterocycles. The number of ether oxygens (including phenoxy) is 1. The van der Waals surface area contributed by atoms with E-state index >= 15 is 0 Å². The number of nitro groups is 1. The Bertz CT molecular complexity index is 527. The smallest absolute Gasteiger partial charge is 0.311 e. The van der Waals surface area contributed by atoms with Gasteiger partial charge in [0.15, 0.2) is 5.75 Å². The fraction of sp³-hybridized carbons (Fsp3) is 0.647. The molecule has 1 aliphatic carbocycles. The largest absolute Gasteiger partial charge is 0.490 e. The van der Waals surface area contributed by atoms with E-state index in [2.05, 4.69) is 4.90 Å². The van der Waals surface area contributed by atoms with Crippen LogP contribution in [0.5, 0.6) is 5.75 Å². The second kappa shape index (κ2) is 8.26. The van der Waals surface area contributed by atoms with Gasteiger partial charge in [0.25, 0.3) is 0 Å². The first kappa shape index (κ1) is 17.7. The van der Waals surface area contributed by atoms with E-state index in [0.717, 1.165) is 18.4 Å². The number of rotatable bonds is 7. The highest BCUT2D eigenvalue weighted by Gasteiger charge is 2.23. The summed E-state index contributed by atoms with van der Waals surface area (Å²) in [4.78, 5) is 13.0. The summed E-state index contributed by atoms with van der Waals surface area (Å²) in [5.41, 5.74) is 0.870. The topological polar surface area (TPSA) is 75.8 Å². The number of aliphatic hydroxyl groups is 1. The average molecular weight is 322 g/mol. The Morgan fingerprint density at radius 2 is 2.09 bits per heavy atom. The summed E-state index contributed by atoms with van der Waals surface area (Å²) in [6.07, 6.45) is 5.54. The minimum absolute atomic E-state index is 0.00867. The number of hydrogen-bond acceptors (Lipinski definition) is 5. The van der Waals surface area contributed by atoms with Crippen molar-refractivity contribution in [2.24, 2.45) is 0 Å². The molecule has 1 atom stereocenters. The average Bonchev–Trinajstić information content (AvgIpc) is 2.54. The van der Waals surface area contributed by atoms with Crippen LogP contribution in [0.4, 0.5) is 5.69 Å². The molecule has 128 valence electrons. The summed E-state index contributed by atoms with van der Waals surface area (Å²) < 4.78 is 5.05. The zero-order chi connectivity index (χ0) is 16.8. The molecule has 0 amide bonds. The molecular weight excluding hydrogens is 296 g/mol. The first-order chi connectivity index (χ1) is 11.0. The van der Waals surface area contributed by atoms with Gasteiger partial charge >= 0.3 is 5.69 Å². The highest BCUT2D eigenvalue weighted by Crippen LogP contribution is 2.29. The Balaban J connectivity index is 2.17. The molecule has 6 nitrogen and oxygen atoms in total. The van der Waals surface area contributed by atoms with Crippen molar-refractivity contribution in [2.75, 3.05) is 13.7 Å². The number of aliphatic hydroxyl groups excluding tert-OH is 1. The molecule has 1 saturated carbocycles. The fourth-order valence-electron chi connectivity index (χ4n) is 3.34. The third-order valence-electron chi connectivity index (χ3n) is 4.42. The van der Waals surface area contributed by atoms with E-state index in [-0.39, 0.29) is 11.4 Å². The van der Waals surface area contributed by atoms with Gasteiger partial charge in [0, 0.05) is 25.2 Å². The lowest BCUT2D eigenvalue weighted by Crippen LogP contribution is -2.40. The molecule has 1 fully saturated rings. The van der Waals surface area contributed by atoms with Crippen LogP contribution in [0, 0.1) is 10.1 Å². The van der Waals surface area contributed by atoms with Crippen LogP contribution in [-0.4, -0.2) is 40.7 Å². The Morgan fingerprint density at radius 1 is 1.39 bits per heavy atom. The van der Waals surface area contributed by atoms with Crippen molar-refractivity contribution in [3.05, 3.63) is 33.9 Å². The van der Waals surface area contributed by atoms with Crippen LogP contribution in [0.25, 0.3) is 0 Å². The molecule has 1 aliphatic rings. The number of methoxy groups -OCH3 is 1. The predicted molar refractivity (Wildman–Crippen MR) is 88.6 cm³/mol. The van der Waals surface area contributed by atoms with Crippen molar-refractivity contribution in [2.45, 2.75) is 57.7 Å². The molecule has 1 unspecified atom stereocenters. The van der Waals surface area contributed by atoms with E-state index in [4.69, 9.17) is 4.74 Å². The van der Waals surface area contributed by atoms with Crippen LogP contribution in [0.1, 0.15) is 44.6 Å². The summed E-state index contributed by atoms with van der Waals surface area (Å²) in [5.74, 6) is 0.276. The first-order valence-corrected chi connectivity index (χ1v) is 8.24. The van der Waals surface area contributed by atoms with E-state index in [1.165, 1.54) is 26.4 Å². The van der Waals surface area contributed by atoms with Gasteiger partial charge in [-0.1, -0.05) is 25.3 Å². The van der Waals surface area contributed by atoms with Gasteiger partial charge in [-0.3, -0.25) is 15.0 Å².